The number of amides is 1. The molecule has 20 heavy (non-hydrogen) atoms. The number of nitrogens with zero attached hydrogens (tertiary/aromatic N) is 1. The molecule has 4 heteroatoms. The molecular weight excluding hydrogens is 268 g/mol. The van der Waals surface area contributed by atoms with Crippen LogP contribution in [0.3, 0.4) is 0 Å². The first-order chi connectivity index (χ1) is 9.61. The van der Waals surface area contributed by atoms with Crippen LogP contribution in [0.5, 0.6) is 0 Å². The summed E-state index contributed by atoms with van der Waals surface area (Å²) in [6, 6.07) is 0.587. The highest BCUT2D eigenvalue weighted by Gasteiger charge is 2.50. The lowest BCUT2D eigenvalue weighted by molar-refractivity contribution is -0.138. The standard InChI is InChI=1S/C16H28N2OS/c1-3-20-13-7-6-12(9-13)18(2)16(19)14-10-4-5-11(8-10)15(14)17/h10-15H,3-9,17H2,1-2H3. The molecule has 2 N–H and O–H groups in total. The highest BCUT2D eigenvalue weighted by molar-refractivity contribution is 7.99. The first kappa shape index (κ1) is 14.7. The van der Waals surface area contributed by atoms with E-state index in [-0.39, 0.29) is 12.0 Å². The molecule has 6 atom stereocenters. The van der Waals surface area contributed by atoms with Gasteiger partial charge in [0.1, 0.15) is 0 Å². The predicted molar refractivity (Wildman–Crippen MR) is 84.6 cm³/mol. The van der Waals surface area contributed by atoms with Gasteiger partial charge in [-0.15, -0.1) is 0 Å². The second-order valence-corrected chi connectivity index (χ2v) is 8.51. The lowest BCUT2D eigenvalue weighted by atomic mass is 9.84. The molecule has 3 rings (SSSR count). The number of thioether (sulfide) groups is 1. The molecule has 0 aromatic carbocycles. The van der Waals surface area contributed by atoms with E-state index in [1.165, 1.54) is 44.3 Å². The Hall–Kier alpha value is -0.220. The molecule has 0 spiro atoms. The Labute approximate surface area is 127 Å². The van der Waals surface area contributed by atoms with E-state index < -0.39 is 0 Å². The van der Waals surface area contributed by atoms with Crippen molar-refractivity contribution in [2.24, 2.45) is 23.5 Å². The fourth-order valence-corrected chi connectivity index (χ4v) is 5.91. The lowest BCUT2D eigenvalue weighted by Gasteiger charge is -2.33. The summed E-state index contributed by atoms with van der Waals surface area (Å²) in [6.07, 6.45) is 7.29. The van der Waals surface area contributed by atoms with Gasteiger partial charge in [-0.2, -0.15) is 11.8 Å². The van der Waals surface area contributed by atoms with Gasteiger partial charge in [-0.05, 0) is 56.1 Å². The predicted octanol–water partition coefficient (Wildman–Crippen LogP) is 2.49. The highest BCUT2D eigenvalue weighted by atomic mass is 32.2. The zero-order valence-electron chi connectivity index (χ0n) is 12.8. The van der Waals surface area contributed by atoms with E-state index >= 15 is 0 Å². The van der Waals surface area contributed by atoms with Crippen LogP contribution in [-0.4, -0.2) is 40.9 Å². The van der Waals surface area contributed by atoms with E-state index in [0.29, 0.717) is 23.8 Å². The van der Waals surface area contributed by atoms with Gasteiger partial charge in [0.05, 0.1) is 5.92 Å². The normalized spacial score (nSPS) is 43.1. The molecule has 3 aliphatic rings. The number of hydrogen-bond acceptors (Lipinski definition) is 3. The summed E-state index contributed by atoms with van der Waals surface area (Å²) >= 11 is 2.05. The van der Waals surface area contributed by atoms with Gasteiger partial charge in [0.15, 0.2) is 0 Å². The topological polar surface area (TPSA) is 46.3 Å². The summed E-state index contributed by atoms with van der Waals surface area (Å²) in [5.74, 6) is 2.85. The molecule has 6 unspecified atom stereocenters. The second kappa shape index (κ2) is 5.88. The maximum absolute atomic E-state index is 12.8. The molecule has 2 bridgehead atoms. The summed E-state index contributed by atoms with van der Waals surface area (Å²) in [6.45, 7) is 2.22. The van der Waals surface area contributed by atoms with Gasteiger partial charge in [0.2, 0.25) is 5.91 Å². The average Bonchev–Trinajstić information content (AvgIpc) is 3.13. The Kier molecular flexibility index (Phi) is 4.32. The second-order valence-electron chi connectivity index (χ2n) is 6.93. The maximum Gasteiger partial charge on any atom is 0.227 e. The van der Waals surface area contributed by atoms with Crippen molar-refractivity contribution in [3.05, 3.63) is 0 Å². The number of nitrogens with two attached hydrogens (primary N) is 1. The monoisotopic (exact) mass is 296 g/mol. The van der Waals surface area contributed by atoms with Crippen LogP contribution in [0.4, 0.5) is 0 Å². The lowest BCUT2D eigenvalue weighted by Crippen LogP contribution is -2.48. The minimum Gasteiger partial charge on any atom is -0.342 e. The Balaban J connectivity index is 1.60. The minimum atomic E-state index is 0.122. The quantitative estimate of drug-likeness (QED) is 0.867. The third-order valence-electron chi connectivity index (χ3n) is 5.92. The molecule has 114 valence electrons. The van der Waals surface area contributed by atoms with Gasteiger partial charge in [-0.3, -0.25) is 4.79 Å². The molecule has 3 aliphatic carbocycles. The Bertz CT molecular complexity index is 373. The van der Waals surface area contributed by atoms with Crippen LogP contribution >= 0.6 is 11.8 Å². The van der Waals surface area contributed by atoms with Crippen LogP contribution in [0, 0.1) is 17.8 Å². The third kappa shape index (κ3) is 2.50. The summed E-state index contributed by atoms with van der Waals surface area (Å²) in [7, 11) is 2.02. The summed E-state index contributed by atoms with van der Waals surface area (Å²) in [4.78, 5) is 14.9. The van der Waals surface area contributed by atoms with Crippen molar-refractivity contribution in [3.63, 3.8) is 0 Å². The molecule has 0 radical (unpaired) electrons. The van der Waals surface area contributed by atoms with Gasteiger partial charge in [-0.1, -0.05) is 6.92 Å². The number of rotatable bonds is 4. The Morgan fingerprint density at radius 2 is 1.95 bits per heavy atom. The molecule has 0 heterocycles. The van der Waals surface area contributed by atoms with Crippen LogP contribution < -0.4 is 5.73 Å². The van der Waals surface area contributed by atoms with Gasteiger partial charge < -0.3 is 10.6 Å². The van der Waals surface area contributed by atoms with Crippen molar-refractivity contribution in [3.8, 4) is 0 Å². The zero-order valence-corrected chi connectivity index (χ0v) is 13.6. The van der Waals surface area contributed by atoms with E-state index in [1.807, 2.05) is 7.05 Å². The molecular formula is C16H28N2OS. The van der Waals surface area contributed by atoms with Crippen LogP contribution in [0.25, 0.3) is 0 Å². The molecule has 0 saturated heterocycles. The van der Waals surface area contributed by atoms with E-state index in [1.54, 1.807) is 0 Å². The first-order valence-corrected chi connectivity index (χ1v) is 9.30. The molecule has 3 saturated carbocycles. The summed E-state index contributed by atoms with van der Waals surface area (Å²) < 4.78 is 0. The third-order valence-corrected chi connectivity index (χ3v) is 7.15. The average molecular weight is 296 g/mol. The van der Waals surface area contributed by atoms with Crippen LogP contribution in [0.1, 0.15) is 45.4 Å². The number of fused-ring (bicyclic) bond motifs is 2. The van der Waals surface area contributed by atoms with Crippen molar-refractivity contribution in [2.75, 3.05) is 12.8 Å². The van der Waals surface area contributed by atoms with Crippen LogP contribution in [0.2, 0.25) is 0 Å². The SMILES string of the molecule is CCSC1CCC(N(C)C(=O)C2C3CCC(C3)C2N)C1. The molecule has 3 nitrogen and oxygen atoms in total. The number of hydrogen-bond donors (Lipinski definition) is 1. The molecule has 1 amide bonds. The van der Waals surface area contributed by atoms with Crippen LogP contribution in [-0.2, 0) is 4.79 Å². The van der Waals surface area contributed by atoms with Crippen molar-refractivity contribution >= 4 is 17.7 Å². The number of carbonyl (C=O) groups excluding carboxylic acids is 1. The van der Waals surface area contributed by atoms with Crippen LogP contribution in [0.15, 0.2) is 0 Å². The summed E-state index contributed by atoms with van der Waals surface area (Å²) in [5.41, 5.74) is 6.32. The first-order valence-electron chi connectivity index (χ1n) is 8.25. The van der Waals surface area contributed by atoms with E-state index in [4.69, 9.17) is 5.73 Å². The Morgan fingerprint density at radius 1 is 1.20 bits per heavy atom. The molecule has 3 fully saturated rings. The minimum absolute atomic E-state index is 0.122. The van der Waals surface area contributed by atoms with E-state index in [9.17, 15) is 4.79 Å². The zero-order chi connectivity index (χ0) is 14.3. The highest BCUT2D eigenvalue weighted by Crippen LogP contribution is 2.48. The van der Waals surface area contributed by atoms with E-state index in [2.05, 4.69) is 23.6 Å². The molecule has 0 aliphatic heterocycles. The van der Waals surface area contributed by atoms with Gasteiger partial charge in [0.25, 0.3) is 0 Å². The van der Waals surface area contributed by atoms with Gasteiger partial charge >= 0.3 is 0 Å². The van der Waals surface area contributed by atoms with Crippen molar-refractivity contribution in [1.29, 1.82) is 0 Å². The molecule has 0 aromatic heterocycles. The molecule has 0 aromatic rings. The largest absolute Gasteiger partial charge is 0.342 e. The fourth-order valence-electron chi connectivity index (χ4n) is 4.77. The van der Waals surface area contributed by atoms with E-state index in [0.717, 1.165) is 5.25 Å². The van der Waals surface area contributed by atoms with Crippen molar-refractivity contribution < 1.29 is 4.79 Å². The van der Waals surface area contributed by atoms with Gasteiger partial charge in [-0.25, -0.2) is 0 Å². The van der Waals surface area contributed by atoms with Crippen molar-refractivity contribution in [1.82, 2.24) is 4.90 Å². The van der Waals surface area contributed by atoms with Crippen molar-refractivity contribution in [2.45, 2.75) is 62.8 Å². The number of carbonyl (C=O) groups is 1. The Morgan fingerprint density at radius 3 is 2.60 bits per heavy atom. The smallest absolute Gasteiger partial charge is 0.227 e. The summed E-state index contributed by atoms with van der Waals surface area (Å²) in [5, 5.41) is 0.758. The van der Waals surface area contributed by atoms with Gasteiger partial charge in [0, 0.05) is 24.4 Å². The maximum atomic E-state index is 12.8. The fraction of sp³-hybridized carbons (Fsp3) is 0.938.